The third-order valence-corrected chi connectivity index (χ3v) is 3.96. The molecule has 0 radical (unpaired) electrons. The van der Waals surface area contributed by atoms with Crippen LogP contribution in [-0.4, -0.2) is 6.04 Å². The van der Waals surface area contributed by atoms with Gasteiger partial charge in [-0.15, -0.1) is 0 Å². The highest BCUT2D eigenvalue weighted by molar-refractivity contribution is 4.98. The van der Waals surface area contributed by atoms with Gasteiger partial charge in [0.15, 0.2) is 0 Å². The van der Waals surface area contributed by atoms with Crippen LogP contribution in [0.5, 0.6) is 0 Å². The molecule has 116 valence electrons. The maximum atomic E-state index is 5.63. The van der Waals surface area contributed by atoms with Crippen LogP contribution in [0.4, 0.5) is 0 Å². The Labute approximate surface area is 124 Å². The molecule has 0 bridgehead atoms. The summed E-state index contributed by atoms with van der Waals surface area (Å²) in [6.45, 7) is 2.27. The number of hydrazine groups is 1. The van der Waals surface area contributed by atoms with Gasteiger partial charge in [0.05, 0.1) is 6.26 Å². The number of aryl methyl sites for hydroxylation is 1. The third-order valence-electron chi connectivity index (χ3n) is 3.96. The highest BCUT2D eigenvalue weighted by atomic mass is 16.3. The summed E-state index contributed by atoms with van der Waals surface area (Å²) in [6, 6.07) is 4.39. The summed E-state index contributed by atoms with van der Waals surface area (Å²) in [6.07, 6.45) is 15.9. The molecule has 20 heavy (non-hydrogen) atoms. The minimum atomic E-state index is 0.417. The monoisotopic (exact) mass is 280 g/mol. The van der Waals surface area contributed by atoms with Crippen molar-refractivity contribution in [1.82, 2.24) is 5.43 Å². The summed E-state index contributed by atoms with van der Waals surface area (Å²) in [5.74, 6) is 6.68. The second-order valence-electron chi connectivity index (χ2n) is 5.75. The molecule has 0 aliphatic carbocycles. The van der Waals surface area contributed by atoms with Crippen molar-refractivity contribution in [3.63, 3.8) is 0 Å². The minimum Gasteiger partial charge on any atom is -0.469 e. The van der Waals surface area contributed by atoms with E-state index in [9.17, 15) is 0 Å². The SMILES string of the molecule is CCCCCCCCCCC(CCc1ccco1)NN. The highest BCUT2D eigenvalue weighted by Gasteiger charge is 2.07. The van der Waals surface area contributed by atoms with Crippen molar-refractivity contribution in [1.29, 1.82) is 0 Å². The lowest BCUT2D eigenvalue weighted by molar-refractivity contribution is 0.416. The lowest BCUT2D eigenvalue weighted by Crippen LogP contribution is -2.35. The van der Waals surface area contributed by atoms with Crippen LogP contribution >= 0.6 is 0 Å². The second-order valence-corrected chi connectivity index (χ2v) is 5.75. The molecule has 1 unspecified atom stereocenters. The van der Waals surface area contributed by atoms with E-state index in [1.807, 2.05) is 12.1 Å². The maximum absolute atomic E-state index is 5.63. The number of hydrogen-bond acceptors (Lipinski definition) is 3. The van der Waals surface area contributed by atoms with E-state index in [0.717, 1.165) is 18.6 Å². The second kappa shape index (κ2) is 12.0. The van der Waals surface area contributed by atoms with Crippen LogP contribution in [0.3, 0.4) is 0 Å². The highest BCUT2D eigenvalue weighted by Crippen LogP contribution is 2.13. The van der Waals surface area contributed by atoms with Gasteiger partial charge in [-0.3, -0.25) is 11.3 Å². The quantitative estimate of drug-likeness (QED) is 0.316. The van der Waals surface area contributed by atoms with Crippen LogP contribution in [0.15, 0.2) is 22.8 Å². The number of rotatable bonds is 13. The summed E-state index contributed by atoms with van der Waals surface area (Å²) in [5.41, 5.74) is 2.94. The number of unbranched alkanes of at least 4 members (excludes halogenated alkanes) is 7. The predicted octanol–water partition coefficient (Wildman–Crippen LogP) is 4.57. The Morgan fingerprint density at radius 1 is 1.05 bits per heavy atom. The van der Waals surface area contributed by atoms with E-state index in [-0.39, 0.29) is 0 Å². The molecule has 3 N–H and O–H groups in total. The summed E-state index contributed by atoms with van der Waals surface area (Å²) in [4.78, 5) is 0. The average Bonchev–Trinajstić information content (AvgIpc) is 2.98. The van der Waals surface area contributed by atoms with Gasteiger partial charge in [-0.05, 0) is 25.0 Å². The van der Waals surface area contributed by atoms with Crippen LogP contribution in [0.1, 0.15) is 76.9 Å². The molecule has 0 amide bonds. The molecular weight excluding hydrogens is 248 g/mol. The van der Waals surface area contributed by atoms with Crippen molar-refractivity contribution in [2.75, 3.05) is 0 Å². The van der Waals surface area contributed by atoms with Crippen molar-refractivity contribution in [2.24, 2.45) is 5.84 Å². The molecule has 3 heteroatoms. The van der Waals surface area contributed by atoms with E-state index < -0.39 is 0 Å². The minimum absolute atomic E-state index is 0.417. The lowest BCUT2D eigenvalue weighted by Gasteiger charge is -2.14. The fourth-order valence-electron chi connectivity index (χ4n) is 2.61. The van der Waals surface area contributed by atoms with Gasteiger partial charge >= 0.3 is 0 Å². The van der Waals surface area contributed by atoms with Gasteiger partial charge in [0.25, 0.3) is 0 Å². The normalized spacial score (nSPS) is 12.7. The molecule has 0 fully saturated rings. The zero-order chi connectivity index (χ0) is 14.5. The van der Waals surface area contributed by atoms with E-state index in [4.69, 9.17) is 10.3 Å². The summed E-state index contributed by atoms with van der Waals surface area (Å²) < 4.78 is 5.35. The molecule has 1 rings (SSSR count). The Hall–Kier alpha value is -0.800. The Morgan fingerprint density at radius 2 is 1.75 bits per heavy atom. The molecule has 0 saturated heterocycles. The molecule has 1 aromatic heterocycles. The van der Waals surface area contributed by atoms with Crippen LogP contribution in [0, 0.1) is 0 Å². The van der Waals surface area contributed by atoms with Gasteiger partial charge in [-0.25, -0.2) is 0 Å². The number of hydrogen-bond donors (Lipinski definition) is 2. The number of furan rings is 1. The van der Waals surface area contributed by atoms with E-state index in [1.165, 1.54) is 57.8 Å². The molecule has 1 heterocycles. The number of nitrogens with two attached hydrogens (primary N) is 1. The third kappa shape index (κ3) is 8.39. The van der Waals surface area contributed by atoms with Crippen molar-refractivity contribution in [3.8, 4) is 0 Å². The van der Waals surface area contributed by atoms with Gasteiger partial charge in [-0.1, -0.05) is 58.3 Å². The van der Waals surface area contributed by atoms with Crippen LogP contribution in [-0.2, 0) is 6.42 Å². The van der Waals surface area contributed by atoms with Gasteiger partial charge in [0.1, 0.15) is 5.76 Å². The average molecular weight is 280 g/mol. The standard InChI is InChI=1S/C17H32N2O/c1-2-3-4-5-6-7-8-9-11-16(19-18)13-14-17-12-10-15-20-17/h10,12,15-16,19H,2-9,11,13-14,18H2,1H3. The van der Waals surface area contributed by atoms with E-state index in [2.05, 4.69) is 12.3 Å². The Bertz CT molecular complexity index is 298. The fourth-order valence-corrected chi connectivity index (χ4v) is 2.61. The fraction of sp³-hybridized carbons (Fsp3) is 0.765. The van der Waals surface area contributed by atoms with Gasteiger partial charge in [0.2, 0.25) is 0 Å². The molecule has 3 nitrogen and oxygen atoms in total. The molecule has 0 saturated carbocycles. The largest absolute Gasteiger partial charge is 0.469 e. The molecule has 0 aliphatic heterocycles. The lowest BCUT2D eigenvalue weighted by atomic mass is 10.0. The topological polar surface area (TPSA) is 51.2 Å². The molecule has 1 atom stereocenters. The zero-order valence-corrected chi connectivity index (χ0v) is 13.1. The van der Waals surface area contributed by atoms with Crippen LogP contribution in [0.2, 0.25) is 0 Å². The Balaban J connectivity index is 1.95. The van der Waals surface area contributed by atoms with Crippen molar-refractivity contribution < 1.29 is 4.42 Å². The smallest absolute Gasteiger partial charge is 0.103 e. The van der Waals surface area contributed by atoms with Crippen LogP contribution in [0.25, 0.3) is 0 Å². The zero-order valence-electron chi connectivity index (χ0n) is 13.1. The molecule has 0 aromatic carbocycles. The van der Waals surface area contributed by atoms with Gasteiger partial charge < -0.3 is 4.42 Å². The first-order chi connectivity index (χ1) is 9.86. The molecule has 0 spiro atoms. The van der Waals surface area contributed by atoms with E-state index >= 15 is 0 Å². The molecular formula is C17H32N2O. The predicted molar refractivity (Wildman–Crippen MR) is 85.4 cm³/mol. The molecule has 0 aliphatic rings. The molecule has 1 aromatic rings. The summed E-state index contributed by atoms with van der Waals surface area (Å²) >= 11 is 0. The maximum Gasteiger partial charge on any atom is 0.103 e. The Morgan fingerprint density at radius 3 is 2.35 bits per heavy atom. The van der Waals surface area contributed by atoms with Crippen molar-refractivity contribution in [3.05, 3.63) is 24.2 Å². The summed E-state index contributed by atoms with van der Waals surface area (Å²) in [7, 11) is 0. The number of nitrogens with one attached hydrogen (secondary N) is 1. The van der Waals surface area contributed by atoms with Gasteiger partial charge in [0, 0.05) is 12.5 Å². The first-order valence-corrected chi connectivity index (χ1v) is 8.35. The van der Waals surface area contributed by atoms with E-state index in [0.29, 0.717) is 6.04 Å². The summed E-state index contributed by atoms with van der Waals surface area (Å²) in [5, 5.41) is 0. The first kappa shape index (κ1) is 17.3. The van der Waals surface area contributed by atoms with Crippen molar-refractivity contribution in [2.45, 2.75) is 83.6 Å². The first-order valence-electron chi connectivity index (χ1n) is 8.35. The Kier molecular flexibility index (Phi) is 10.3. The van der Waals surface area contributed by atoms with Crippen molar-refractivity contribution >= 4 is 0 Å². The van der Waals surface area contributed by atoms with Gasteiger partial charge in [-0.2, -0.15) is 0 Å². The van der Waals surface area contributed by atoms with E-state index in [1.54, 1.807) is 6.26 Å². The van der Waals surface area contributed by atoms with Crippen LogP contribution < -0.4 is 11.3 Å².